The number of anilines is 2. The van der Waals surface area contributed by atoms with E-state index in [-0.39, 0.29) is 0 Å². The molecule has 0 aliphatic carbocycles. The van der Waals surface area contributed by atoms with Gasteiger partial charge in [-0.3, -0.25) is 0 Å². The van der Waals surface area contributed by atoms with Crippen LogP contribution in [0.5, 0.6) is 0 Å². The summed E-state index contributed by atoms with van der Waals surface area (Å²) in [4.78, 5) is 19.0. The summed E-state index contributed by atoms with van der Waals surface area (Å²) in [7, 11) is -4.94. The number of nitroso groups, excluding NO2 is 1. The van der Waals surface area contributed by atoms with Crippen molar-refractivity contribution in [1.82, 2.24) is 9.97 Å². The number of hydrogen-bond donors (Lipinski definition) is 2. The Balaban J connectivity index is 0.000000505. The number of nitrogens with zero attached hydrogens (tertiary/aromatic N) is 4. The summed E-state index contributed by atoms with van der Waals surface area (Å²) >= 11 is 0. The third-order valence-electron chi connectivity index (χ3n) is 2.66. The van der Waals surface area contributed by atoms with Gasteiger partial charge >= 0.3 is 5.82 Å². The maximum absolute atomic E-state index is 10.6. The number of nitrogens with two attached hydrogens (primary N) is 1. The van der Waals surface area contributed by atoms with Gasteiger partial charge in [-0.25, -0.2) is 23.6 Å². The minimum atomic E-state index is -4.94. The fourth-order valence-electron chi connectivity index (χ4n) is 1.65. The van der Waals surface area contributed by atoms with Gasteiger partial charge in [-0.1, -0.05) is 10.7 Å². The largest absolute Gasteiger partial charge is 0.366 e. The molecule has 2 rings (SSSR count). The first kappa shape index (κ1) is 19.6. The summed E-state index contributed by atoms with van der Waals surface area (Å²) in [6.07, 6.45) is 1.56. The van der Waals surface area contributed by atoms with E-state index in [1.807, 2.05) is 25.1 Å². The molecule has 11 nitrogen and oxygen atoms in total. The molecule has 0 amide bonds. The Hall–Kier alpha value is -2.44. The second-order valence-corrected chi connectivity index (χ2v) is 5.28. The number of nitrogen functional groups attached to an aromatic ring is 1. The average molecular weight is 359 g/mol. The van der Waals surface area contributed by atoms with Gasteiger partial charge in [0.05, 0.1) is 12.1 Å². The topological polar surface area (TPSA) is 189 Å². The normalized spacial score (nSPS) is 10.6. The molecule has 2 aromatic rings. The summed E-state index contributed by atoms with van der Waals surface area (Å²) in [5.41, 5.74) is 7.42. The van der Waals surface area contributed by atoms with Crippen molar-refractivity contribution in [2.75, 3.05) is 11.1 Å². The third-order valence-corrected chi connectivity index (χ3v) is 2.66. The van der Waals surface area contributed by atoms with Crippen LogP contribution in [-0.2, 0) is 6.54 Å². The lowest BCUT2D eigenvalue weighted by molar-refractivity contribution is -2.00. The van der Waals surface area contributed by atoms with Gasteiger partial charge in [0.2, 0.25) is 5.82 Å². The molecule has 12 heteroatoms. The SMILES string of the molecule is Cc1cccc(NCc2c[n+](N=O)c(C)nc2N)n1.[O-][Cl+3]([O-])([O-])[O-]. The zero-order chi connectivity index (χ0) is 18.3. The molecule has 0 aliphatic heterocycles. The highest BCUT2D eigenvalue weighted by atomic mass is 35.7. The van der Waals surface area contributed by atoms with E-state index in [1.54, 1.807) is 13.1 Å². The molecule has 130 valence electrons. The number of aryl methyl sites for hydroxylation is 2. The summed E-state index contributed by atoms with van der Waals surface area (Å²) in [5, 5.41) is 5.97. The molecule has 2 heterocycles. The van der Waals surface area contributed by atoms with Crippen molar-refractivity contribution in [1.29, 1.82) is 0 Å². The van der Waals surface area contributed by atoms with Crippen LogP contribution in [0.2, 0.25) is 0 Å². The van der Waals surface area contributed by atoms with E-state index in [4.69, 9.17) is 24.4 Å². The van der Waals surface area contributed by atoms with Gasteiger partial charge in [0.1, 0.15) is 12.0 Å². The van der Waals surface area contributed by atoms with Crippen LogP contribution in [-0.4, -0.2) is 9.97 Å². The molecule has 0 saturated heterocycles. The zero-order valence-electron chi connectivity index (χ0n) is 12.8. The summed E-state index contributed by atoms with van der Waals surface area (Å²) < 4.78 is 35.1. The third kappa shape index (κ3) is 7.21. The monoisotopic (exact) mass is 358 g/mol. The van der Waals surface area contributed by atoms with Crippen molar-refractivity contribution >= 4 is 11.6 Å². The predicted octanol–water partition coefficient (Wildman–Crippen LogP) is -3.65. The highest BCUT2D eigenvalue weighted by Gasteiger charge is 2.15. The lowest BCUT2D eigenvalue weighted by atomic mass is 10.3. The fourth-order valence-corrected chi connectivity index (χ4v) is 1.65. The molecule has 0 aromatic carbocycles. The maximum Gasteiger partial charge on any atom is 0.325 e. The van der Waals surface area contributed by atoms with Crippen molar-refractivity contribution in [3.05, 3.63) is 46.4 Å². The molecule has 24 heavy (non-hydrogen) atoms. The van der Waals surface area contributed by atoms with E-state index in [0.29, 0.717) is 23.8 Å². The van der Waals surface area contributed by atoms with Gasteiger partial charge in [0, 0.05) is 12.6 Å². The van der Waals surface area contributed by atoms with Crippen LogP contribution >= 0.6 is 0 Å². The molecular formula is C12H15ClN6O5. The standard InChI is InChI=1S/C12H14N6O.ClHO4/c1-8-4-3-5-11(15-8)14-6-10-7-18(17-19)9(2)16-12(10)13;2-1(3,4)5/h3-5,7,13H,6H2,1-2H3,(H,14,15);(H,2,3,4,5). The van der Waals surface area contributed by atoms with Gasteiger partial charge in [0.15, 0.2) is 5.29 Å². The molecule has 0 bridgehead atoms. The second kappa shape index (κ2) is 8.42. The van der Waals surface area contributed by atoms with E-state index in [1.165, 1.54) is 0 Å². The molecule has 0 aliphatic rings. The quantitative estimate of drug-likeness (QED) is 0.409. The van der Waals surface area contributed by atoms with E-state index in [9.17, 15) is 4.91 Å². The maximum atomic E-state index is 10.6. The first-order chi connectivity index (χ1) is 11.1. The molecule has 0 atom stereocenters. The Kier molecular flexibility index (Phi) is 6.88. The van der Waals surface area contributed by atoms with E-state index < -0.39 is 10.2 Å². The zero-order valence-corrected chi connectivity index (χ0v) is 13.6. The molecule has 0 saturated carbocycles. The Morgan fingerprint density at radius 2 is 1.88 bits per heavy atom. The molecular weight excluding hydrogens is 344 g/mol. The highest BCUT2D eigenvalue weighted by molar-refractivity contribution is 5.41. The van der Waals surface area contributed by atoms with Crippen molar-refractivity contribution in [3.8, 4) is 0 Å². The minimum Gasteiger partial charge on any atom is -0.366 e. The van der Waals surface area contributed by atoms with Crippen LogP contribution in [0.3, 0.4) is 0 Å². The predicted molar refractivity (Wildman–Crippen MR) is 71.1 cm³/mol. The average Bonchev–Trinajstić information content (AvgIpc) is 2.45. The van der Waals surface area contributed by atoms with Crippen molar-refractivity contribution in [2.24, 2.45) is 5.29 Å². The van der Waals surface area contributed by atoms with Crippen LogP contribution in [0, 0.1) is 29.0 Å². The molecule has 0 radical (unpaired) electrons. The van der Waals surface area contributed by atoms with Crippen LogP contribution in [0.15, 0.2) is 29.7 Å². The summed E-state index contributed by atoms with van der Waals surface area (Å²) in [5.74, 6) is 1.56. The molecule has 0 fully saturated rings. The van der Waals surface area contributed by atoms with Crippen LogP contribution in [0.1, 0.15) is 17.1 Å². The second-order valence-electron chi connectivity index (χ2n) is 4.52. The highest BCUT2D eigenvalue weighted by Crippen LogP contribution is 2.10. The van der Waals surface area contributed by atoms with E-state index in [0.717, 1.165) is 16.2 Å². The smallest absolute Gasteiger partial charge is 0.325 e. The van der Waals surface area contributed by atoms with Crippen molar-refractivity contribution in [3.63, 3.8) is 0 Å². The van der Waals surface area contributed by atoms with Gasteiger partial charge in [-0.05, 0) is 24.0 Å². The molecule has 0 spiro atoms. The lowest BCUT2D eigenvalue weighted by Crippen LogP contribution is -2.68. The number of aromatic nitrogens is 3. The van der Waals surface area contributed by atoms with Gasteiger partial charge in [-0.2, -0.15) is 0 Å². The first-order valence-electron chi connectivity index (χ1n) is 6.40. The number of hydrogen-bond acceptors (Lipinski definition) is 10. The summed E-state index contributed by atoms with van der Waals surface area (Å²) in [6, 6.07) is 5.68. The molecule has 2 aromatic heterocycles. The van der Waals surface area contributed by atoms with Gasteiger partial charge < -0.3 is 11.1 Å². The van der Waals surface area contributed by atoms with Crippen LogP contribution in [0.4, 0.5) is 11.6 Å². The van der Waals surface area contributed by atoms with E-state index >= 15 is 0 Å². The fraction of sp³-hybridized carbons (Fsp3) is 0.250. The Bertz CT molecular complexity index is 703. The van der Waals surface area contributed by atoms with E-state index in [2.05, 4.69) is 20.6 Å². The van der Waals surface area contributed by atoms with Crippen LogP contribution < -0.4 is 34.4 Å². The minimum absolute atomic E-state index is 0.373. The Labute approximate surface area is 139 Å². The van der Waals surface area contributed by atoms with Crippen molar-refractivity contribution < 1.29 is 33.6 Å². The lowest BCUT2D eigenvalue weighted by Gasteiger charge is -2.17. The number of pyridine rings is 1. The Morgan fingerprint density at radius 1 is 1.25 bits per heavy atom. The summed E-state index contributed by atoms with van der Waals surface area (Å²) in [6.45, 7) is 4.00. The Morgan fingerprint density at radius 3 is 2.42 bits per heavy atom. The van der Waals surface area contributed by atoms with Crippen LogP contribution in [0.25, 0.3) is 0 Å². The number of rotatable bonds is 4. The first-order valence-corrected chi connectivity index (χ1v) is 7.64. The van der Waals surface area contributed by atoms with Crippen molar-refractivity contribution in [2.45, 2.75) is 20.4 Å². The van der Waals surface area contributed by atoms with Gasteiger partial charge in [-0.15, -0.1) is 15.2 Å². The number of halogens is 1. The molecule has 0 unspecified atom stereocenters. The number of nitrogens with one attached hydrogen (secondary N) is 1. The van der Waals surface area contributed by atoms with Gasteiger partial charge in [0.25, 0.3) is 0 Å². The molecule has 3 N–H and O–H groups in total.